The third-order valence-corrected chi connectivity index (χ3v) is 3.62. The summed E-state index contributed by atoms with van der Waals surface area (Å²) in [7, 11) is 0. The van der Waals surface area contributed by atoms with E-state index >= 15 is 0 Å². The number of rotatable bonds is 5. The average molecular weight is 351 g/mol. The zero-order chi connectivity index (χ0) is 18.6. The number of alkyl halides is 3. The highest BCUT2D eigenvalue weighted by atomic mass is 19.4. The molecule has 1 amide bonds. The molecule has 0 radical (unpaired) electrons. The first kappa shape index (κ1) is 18.8. The summed E-state index contributed by atoms with van der Waals surface area (Å²) in [6.45, 7) is 5.67. The molecule has 2 aromatic carbocycles. The fourth-order valence-electron chi connectivity index (χ4n) is 2.45. The molecule has 6 heteroatoms. The van der Waals surface area contributed by atoms with E-state index in [1.54, 1.807) is 6.92 Å². The summed E-state index contributed by atoms with van der Waals surface area (Å²) < 4.78 is 43.4. The maximum atomic E-state index is 12.6. The van der Waals surface area contributed by atoms with Gasteiger partial charge in [-0.1, -0.05) is 13.0 Å². The van der Waals surface area contributed by atoms with Crippen molar-refractivity contribution in [3.05, 3.63) is 59.2 Å². The fraction of sp³-hybridized carbons (Fsp3) is 0.316. The standard InChI is InChI=1S/C19H20F3NO2/c1-4-17(25-16-10-12(2)9-13(3)11-16)18(24)23-15-7-5-14(6-8-15)19(20,21)22/h5-11,17H,4H2,1-3H3,(H,23,24). The molecule has 0 aliphatic heterocycles. The first-order valence-corrected chi connectivity index (χ1v) is 7.92. The van der Waals surface area contributed by atoms with Crippen molar-refractivity contribution in [1.29, 1.82) is 0 Å². The Labute approximate surface area is 144 Å². The van der Waals surface area contributed by atoms with Crippen molar-refractivity contribution in [2.45, 2.75) is 39.5 Å². The van der Waals surface area contributed by atoms with Crippen LogP contribution >= 0.6 is 0 Å². The van der Waals surface area contributed by atoms with Gasteiger partial charge in [0.05, 0.1) is 5.56 Å². The Morgan fingerprint density at radius 1 is 1.08 bits per heavy atom. The highest BCUT2D eigenvalue weighted by Crippen LogP contribution is 2.30. The first-order chi connectivity index (χ1) is 11.7. The van der Waals surface area contributed by atoms with Crippen LogP contribution in [0.2, 0.25) is 0 Å². The smallest absolute Gasteiger partial charge is 0.416 e. The number of anilines is 1. The largest absolute Gasteiger partial charge is 0.481 e. The maximum absolute atomic E-state index is 12.6. The number of hydrogen-bond donors (Lipinski definition) is 1. The number of hydrogen-bond acceptors (Lipinski definition) is 2. The SMILES string of the molecule is CCC(Oc1cc(C)cc(C)c1)C(=O)Nc1ccc(C(F)(F)F)cc1. The first-order valence-electron chi connectivity index (χ1n) is 7.92. The Hall–Kier alpha value is -2.50. The van der Waals surface area contributed by atoms with Crippen LogP contribution in [0, 0.1) is 13.8 Å². The highest BCUT2D eigenvalue weighted by molar-refractivity contribution is 5.94. The van der Waals surface area contributed by atoms with Crippen LogP contribution in [0.25, 0.3) is 0 Å². The number of amides is 1. The van der Waals surface area contributed by atoms with Gasteiger partial charge in [-0.15, -0.1) is 0 Å². The number of ether oxygens (including phenoxy) is 1. The number of nitrogens with one attached hydrogen (secondary N) is 1. The second-order valence-electron chi connectivity index (χ2n) is 5.90. The minimum Gasteiger partial charge on any atom is -0.481 e. The zero-order valence-electron chi connectivity index (χ0n) is 14.3. The monoisotopic (exact) mass is 351 g/mol. The third kappa shape index (κ3) is 5.24. The van der Waals surface area contributed by atoms with E-state index in [2.05, 4.69) is 5.32 Å². The van der Waals surface area contributed by atoms with Gasteiger partial charge in [-0.3, -0.25) is 4.79 Å². The number of benzene rings is 2. The minimum absolute atomic E-state index is 0.292. The Morgan fingerprint density at radius 2 is 1.64 bits per heavy atom. The molecule has 0 bridgehead atoms. The van der Waals surface area contributed by atoms with Gasteiger partial charge in [0.1, 0.15) is 5.75 Å². The summed E-state index contributed by atoms with van der Waals surface area (Å²) in [6, 6.07) is 9.98. The summed E-state index contributed by atoms with van der Waals surface area (Å²) in [5, 5.41) is 2.59. The van der Waals surface area contributed by atoms with Gasteiger partial charge in [0, 0.05) is 5.69 Å². The summed E-state index contributed by atoms with van der Waals surface area (Å²) in [5.74, 6) is 0.188. The molecular formula is C19H20F3NO2. The van der Waals surface area contributed by atoms with Crippen LogP contribution in [0.1, 0.15) is 30.0 Å². The molecule has 1 atom stereocenters. The van der Waals surface area contributed by atoms with E-state index in [0.29, 0.717) is 17.9 Å². The minimum atomic E-state index is -4.40. The van der Waals surface area contributed by atoms with Crippen LogP contribution in [0.15, 0.2) is 42.5 Å². The molecule has 0 spiro atoms. The normalized spacial score (nSPS) is 12.6. The van der Waals surface area contributed by atoms with Crippen LogP contribution in [-0.4, -0.2) is 12.0 Å². The lowest BCUT2D eigenvalue weighted by Gasteiger charge is -2.18. The summed E-state index contributed by atoms with van der Waals surface area (Å²) >= 11 is 0. The van der Waals surface area contributed by atoms with Crippen molar-refractivity contribution < 1.29 is 22.7 Å². The summed E-state index contributed by atoms with van der Waals surface area (Å²) in [6.07, 6.45) is -4.71. The predicted octanol–water partition coefficient (Wildman–Crippen LogP) is 5.12. The van der Waals surface area contributed by atoms with E-state index < -0.39 is 23.8 Å². The molecule has 0 saturated carbocycles. The van der Waals surface area contributed by atoms with Gasteiger partial charge in [0.15, 0.2) is 6.10 Å². The second kappa shape index (κ2) is 7.59. The van der Waals surface area contributed by atoms with E-state index in [4.69, 9.17) is 4.74 Å². The highest BCUT2D eigenvalue weighted by Gasteiger charge is 2.30. The van der Waals surface area contributed by atoms with Crippen LogP contribution < -0.4 is 10.1 Å². The molecule has 0 aliphatic carbocycles. The molecule has 0 saturated heterocycles. The van der Waals surface area contributed by atoms with Crippen molar-refractivity contribution in [3.63, 3.8) is 0 Å². The average Bonchev–Trinajstić information content (AvgIpc) is 2.51. The van der Waals surface area contributed by atoms with Gasteiger partial charge in [-0.2, -0.15) is 13.2 Å². The van der Waals surface area contributed by atoms with E-state index in [1.807, 2.05) is 32.0 Å². The van der Waals surface area contributed by atoms with Gasteiger partial charge in [0.2, 0.25) is 0 Å². The summed E-state index contributed by atoms with van der Waals surface area (Å²) in [5.41, 5.74) is 1.57. The number of carbonyl (C=O) groups excluding carboxylic acids is 1. The molecule has 3 nitrogen and oxygen atoms in total. The van der Waals surface area contributed by atoms with Crippen LogP contribution in [0.3, 0.4) is 0 Å². The number of aryl methyl sites for hydroxylation is 2. The Kier molecular flexibility index (Phi) is 5.72. The van der Waals surface area contributed by atoms with Crippen molar-refractivity contribution >= 4 is 11.6 Å². The van der Waals surface area contributed by atoms with E-state index in [-0.39, 0.29) is 0 Å². The Bertz CT molecular complexity index is 719. The quantitative estimate of drug-likeness (QED) is 0.812. The Balaban J connectivity index is 2.06. The van der Waals surface area contributed by atoms with Gasteiger partial charge in [-0.25, -0.2) is 0 Å². The summed E-state index contributed by atoms with van der Waals surface area (Å²) in [4.78, 5) is 12.3. The van der Waals surface area contributed by atoms with E-state index in [0.717, 1.165) is 23.3 Å². The van der Waals surface area contributed by atoms with Crippen molar-refractivity contribution in [1.82, 2.24) is 0 Å². The molecule has 25 heavy (non-hydrogen) atoms. The van der Waals surface area contributed by atoms with Crippen LogP contribution in [0.4, 0.5) is 18.9 Å². The molecule has 134 valence electrons. The molecular weight excluding hydrogens is 331 g/mol. The molecule has 0 heterocycles. The van der Waals surface area contributed by atoms with Gasteiger partial charge in [-0.05, 0) is 67.8 Å². The van der Waals surface area contributed by atoms with Gasteiger partial charge in [0.25, 0.3) is 5.91 Å². The van der Waals surface area contributed by atoms with Gasteiger partial charge < -0.3 is 10.1 Å². The molecule has 0 aliphatic rings. The van der Waals surface area contributed by atoms with E-state index in [1.165, 1.54) is 12.1 Å². The molecule has 0 fully saturated rings. The number of carbonyl (C=O) groups is 1. The van der Waals surface area contributed by atoms with E-state index in [9.17, 15) is 18.0 Å². The third-order valence-electron chi connectivity index (χ3n) is 3.62. The molecule has 1 unspecified atom stereocenters. The molecule has 2 aromatic rings. The lowest BCUT2D eigenvalue weighted by Crippen LogP contribution is -2.32. The lowest BCUT2D eigenvalue weighted by atomic mass is 10.1. The molecule has 0 aromatic heterocycles. The lowest BCUT2D eigenvalue weighted by molar-refractivity contribution is -0.137. The fourth-order valence-corrected chi connectivity index (χ4v) is 2.45. The topological polar surface area (TPSA) is 38.3 Å². The Morgan fingerprint density at radius 3 is 2.12 bits per heavy atom. The van der Waals surface area contributed by atoms with Crippen LogP contribution in [-0.2, 0) is 11.0 Å². The zero-order valence-corrected chi connectivity index (χ0v) is 14.3. The van der Waals surface area contributed by atoms with Gasteiger partial charge >= 0.3 is 6.18 Å². The van der Waals surface area contributed by atoms with Crippen LogP contribution in [0.5, 0.6) is 5.75 Å². The van der Waals surface area contributed by atoms with Crippen molar-refractivity contribution in [2.75, 3.05) is 5.32 Å². The van der Waals surface area contributed by atoms with Crippen molar-refractivity contribution in [3.8, 4) is 5.75 Å². The van der Waals surface area contributed by atoms with Crippen molar-refractivity contribution in [2.24, 2.45) is 0 Å². The maximum Gasteiger partial charge on any atom is 0.416 e. The molecule has 1 N–H and O–H groups in total. The predicted molar refractivity (Wildman–Crippen MR) is 90.7 cm³/mol. The molecule has 2 rings (SSSR count). The number of halogens is 3. The second-order valence-corrected chi connectivity index (χ2v) is 5.90.